The van der Waals surface area contributed by atoms with Gasteiger partial charge in [0.2, 0.25) is 21.8 Å². The van der Waals surface area contributed by atoms with Gasteiger partial charge in [0.25, 0.3) is 0 Å². The third kappa shape index (κ3) is 7.56. The van der Waals surface area contributed by atoms with Gasteiger partial charge in [-0.25, -0.2) is 8.42 Å². The minimum atomic E-state index is -3.74. The molecule has 196 valence electrons. The highest BCUT2D eigenvalue weighted by molar-refractivity contribution is 9.10. The molecule has 2 aromatic rings. The van der Waals surface area contributed by atoms with Gasteiger partial charge in [0.05, 0.1) is 11.9 Å². The van der Waals surface area contributed by atoms with Crippen LogP contribution in [-0.4, -0.2) is 50.0 Å². The molecule has 1 saturated carbocycles. The molecule has 0 saturated heterocycles. The SMILES string of the molecule is CC(C)c1ccc(N(CC(=O)N(Cc2ccc(Br)cc2)[C@@H](C)C(=O)NC2CCCC2)S(C)(=O)=O)cc1. The largest absolute Gasteiger partial charge is 0.352 e. The van der Waals surface area contributed by atoms with Crippen molar-refractivity contribution in [3.63, 3.8) is 0 Å². The number of amides is 2. The van der Waals surface area contributed by atoms with Crippen LogP contribution in [0.1, 0.15) is 63.5 Å². The Balaban J connectivity index is 1.86. The van der Waals surface area contributed by atoms with E-state index in [9.17, 15) is 18.0 Å². The monoisotopic (exact) mass is 577 g/mol. The Hall–Kier alpha value is -2.39. The summed E-state index contributed by atoms with van der Waals surface area (Å²) in [6.45, 7) is 5.62. The summed E-state index contributed by atoms with van der Waals surface area (Å²) in [4.78, 5) is 28.2. The second kappa shape index (κ2) is 12.2. The highest BCUT2D eigenvalue weighted by Crippen LogP contribution is 2.23. The van der Waals surface area contributed by atoms with Gasteiger partial charge in [-0.05, 0) is 61.1 Å². The van der Waals surface area contributed by atoms with Crippen LogP contribution in [0.25, 0.3) is 0 Å². The van der Waals surface area contributed by atoms with E-state index in [0.29, 0.717) is 11.6 Å². The van der Waals surface area contributed by atoms with E-state index in [1.807, 2.05) is 36.4 Å². The Morgan fingerprint density at radius 2 is 1.58 bits per heavy atom. The fraction of sp³-hybridized carbons (Fsp3) is 0.481. The van der Waals surface area contributed by atoms with Crippen molar-refractivity contribution in [3.8, 4) is 0 Å². The lowest BCUT2D eigenvalue weighted by molar-refractivity contribution is -0.139. The molecule has 0 heterocycles. The molecular weight excluding hydrogens is 542 g/mol. The first-order valence-corrected chi connectivity index (χ1v) is 15.0. The van der Waals surface area contributed by atoms with Crippen molar-refractivity contribution in [1.29, 1.82) is 0 Å². The second-order valence-corrected chi connectivity index (χ2v) is 12.7. The van der Waals surface area contributed by atoms with E-state index in [2.05, 4.69) is 35.1 Å². The Morgan fingerprint density at radius 3 is 2.11 bits per heavy atom. The van der Waals surface area contributed by atoms with Gasteiger partial charge in [-0.2, -0.15) is 0 Å². The Kier molecular flexibility index (Phi) is 9.58. The van der Waals surface area contributed by atoms with Gasteiger partial charge in [0.1, 0.15) is 12.6 Å². The molecule has 0 aromatic heterocycles. The van der Waals surface area contributed by atoms with Crippen LogP contribution in [0.15, 0.2) is 53.0 Å². The minimum absolute atomic E-state index is 0.122. The van der Waals surface area contributed by atoms with Crippen LogP contribution in [0, 0.1) is 0 Å². The fourth-order valence-electron chi connectivity index (χ4n) is 4.40. The minimum Gasteiger partial charge on any atom is -0.352 e. The maximum Gasteiger partial charge on any atom is 0.244 e. The van der Waals surface area contributed by atoms with Crippen molar-refractivity contribution in [3.05, 3.63) is 64.1 Å². The van der Waals surface area contributed by atoms with Crippen molar-refractivity contribution in [2.24, 2.45) is 0 Å². The summed E-state index contributed by atoms with van der Waals surface area (Å²) in [6, 6.07) is 14.1. The number of nitrogens with one attached hydrogen (secondary N) is 1. The van der Waals surface area contributed by atoms with Crippen LogP contribution in [0.5, 0.6) is 0 Å². The summed E-state index contributed by atoms with van der Waals surface area (Å²) < 4.78 is 27.4. The molecule has 2 amide bonds. The Morgan fingerprint density at radius 1 is 1.00 bits per heavy atom. The van der Waals surface area contributed by atoms with Crippen LogP contribution in [0.2, 0.25) is 0 Å². The normalized spacial score (nSPS) is 15.1. The summed E-state index contributed by atoms with van der Waals surface area (Å²) in [5.74, 6) is -0.363. The Bertz CT molecular complexity index is 1140. The van der Waals surface area contributed by atoms with Crippen molar-refractivity contribution in [1.82, 2.24) is 10.2 Å². The van der Waals surface area contributed by atoms with Gasteiger partial charge in [0, 0.05) is 17.1 Å². The van der Waals surface area contributed by atoms with Crippen molar-refractivity contribution < 1.29 is 18.0 Å². The number of anilines is 1. The zero-order valence-corrected chi connectivity index (χ0v) is 23.8. The van der Waals surface area contributed by atoms with Crippen LogP contribution < -0.4 is 9.62 Å². The van der Waals surface area contributed by atoms with Gasteiger partial charge in [0.15, 0.2) is 0 Å². The van der Waals surface area contributed by atoms with Gasteiger partial charge in [-0.15, -0.1) is 0 Å². The lowest BCUT2D eigenvalue weighted by Crippen LogP contribution is -2.52. The third-order valence-corrected chi connectivity index (χ3v) is 8.33. The molecule has 1 fully saturated rings. The fourth-order valence-corrected chi connectivity index (χ4v) is 5.51. The molecule has 1 atom stereocenters. The smallest absolute Gasteiger partial charge is 0.244 e. The standard InChI is InChI=1S/C27H36BrN3O4S/c1-19(2)22-11-15-25(16-12-22)31(36(4,34)35)18-26(32)30(17-21-9-13-23(28)14-10-21)20(3)27(33)29-24-7-5-6-8-24/h9-16,19-20,24H,5-8,17-18H2,1-4H3,(H,29,33)/t20-/m0/s1. The number of benzene rings is 2. The molecule has 36 heavy (non-hydrogen) atoms. The molecule has 0 bridgehead atoms. The van der Waals surface area contributed by atoms with Gasteiger partial charge >= 0.3 is 0 Å². The van der Waals surface area contributed by atoms with Crippen LogP contribution in [-0.2, 0) is 26.2 Å². The van der Waals surface area contributed by atoms with Crippen molar-refractivity contribution >= 4 is 43.5 Å². The maximum atomic E-state index is 13.6. The molecular formula is C27H36BrN3O4S. The van der Waals surface area contributed by atoms with E-state index in [4.69, 9.17) is 0 Å². The molecule has 9 heteroatoms. The third-order valence-electron chi connectivity index (χ3n) is 6.66. The summed E-state index contributed by atoms with van der Waals surface area (Å²) in [5, 5.41) is 3.07. The van der Waals surface area contributed by atoms with Gasteiger partial charge in [-0.1, -0.05) is 66.9 Å². The predicted molar refractivity (Wildman–Crippen MR) is 147 cm³/mol. The average Bonchev–Trinajstić information content (AvgIpc) is 3.34. The molecule has 0 aliphatic heterocycles. The molecule has 0 radical (unpaired) electrons. The summed E-state index contributed by atoms with van der Waals surface area (Å²) in [5.41, 5.74) is 2.34. The first kappa shape index (κ1) is 28.2. The number of hydrogen-bond donors (Lipinski definition) is 1. The lowest BCUT2D eigenvalue weighted by atomic mass is 10.0. The zero-order valence-electron chi connectivity index (χ0n) is 21.4. The van der Waals surface area contributed by atoms with E-state index < -0.39 is 28.5 Å². The number of nitrogens with zero attached hydrogens (tertiary/aromatic N) is 2. The number of rotatable bonds is 10. The first-order valence-electron chi connectivity index (χ1n) is 12.4. The number of carbonyl (C=O) groups is 2. The van der Waals surface area contributed by atoms with E-state index in [0.717, 1.165) is 51.8 Å². The molecule has 1 aliphatic carbocycles. The van der Waals surface area contributed by atoms with E-state index >= 15 is 0 Å². The number of carbonyl (C=O) groups excluding carboxylic acids is 2. The highest BCUT2D eigenvalue weighted by atomic mass is 79.9. The topological polar surface area (TPSA) is 86.8 Å². The molecule has 0 unspecified atom stereocenters. The first-order chi connectivity index (χ1) is 17.0. The van der Waals surface area contributed by atoms with E-state index in [1.165, 1.54) is 4.90 Å². The quantitative estimate of drug-likeness (QED) is 0.438. The summed E-state index contributed by atoms with van der Waals surface area (Å²) >= 11 is 3.42. The van der Waals surface area contributed by atoms with E-state index in [1.54, 1.807) is 19.1 Å². The van der Waals surface area contributed by atoms with Crippen LogP contribution >= 0.6 is 15.9 Å². The van der Waals surface area contributed by atoms with Crippen molar-refractivity contribution in [2.75, 3.05) is 17.1 Å². The number of halogens is 1. The maximum absolute atomic E-state index is 13.6. The molecule has 3 rings (SSSR count). The highest BCUT2D eigenvalue weighted by Gasteiger charge is 2.31. The second-order valence-electron chi connectivity index (χ2n) is 9.83. The van der Waals surface area contributed by atoms with Crippen LogP contribution in [0.4, 0.5) is 5.69 Å². The molecule has 7 nitrogen and oxygen atoms in total. The Labute approximate surface area is 223 Å². The van der Waals surface area contributed by atoms with E-state index in [-0.39, 0.29) is 18.5 Å². The van der Waals surface area contributed by atoms with Crippen molar-refractivity contribution in [2.45, 2.75) is 71.0 Å². The zero-order chi connectivity index (χ0) is 26.5. The number of sulfonamides is 1. The lowest BCUT2D eigenvalue weighted by Gasteiger charge is -2.32. The molecule has 1 N–H and O–H groups in total. The molecule has 0 spiro atoms. The summed E-state index contributed by atoms with van der Waals surface area (Å²) in [6.07, 6.45) is 5.13. The van der Waals surface area contributed by atoms with Crippen LogP contribution in [0.3, 0.4) is 0 Å². The average molecular weight is 579 g/mol. The van der Waals surface area contributed by atoms with Gasteiger partial charge in [-0.3, -0.25) is 13.9 Å². The summed E-state index contributed by atoms with van der Waals surface area (Å²) in [7, 11) is -3.74. The molecule has 2 aromatic carbocycles. The predicted octanol–water partition coefficient (Wildman–Crippen LogP) is 4.81. The number of hydrogen-bond acceptors (Lipinski definition) is 4. The van der Waals surface area contributed by atoms with Gasteiger partial charge < -0.3 is 10.2 Å². The molecule has 1 aliphatic rings.